The van der Waals surface area contributed by atoms with Crippen molar-refractivity contribution in [1.82, 2.24) is 0 Å². The first kappa shape index (κ1) is 10.4. The summed E-state index contributed by atoms with van der Waals surface area (Å²) in [5, 5.41) is 18.1. The molecule has 0 aliphatic heterocycles. The first-order valence-electron chi connectivity index (χ1n) is 3.64. The maximum absolute atomic E-state index is 11.1. The second-order valence-corrected chi connectivity index (χ2v) is 3.01. The Hall–Kier alpha value is -1.67. The van der Waals surface area contributed by atoms with Crippen molar-refractivity contribution in [1.29, 1.82) is 5.26 Å². The SMILES string of the molecule is COC(=O)c1cc(S)cc(C#N)c1O. The van der Waals surface area contributed by atoms with Gasteiger partial charge in [-0.25, -0.2) is 4.79 Å². The summed E-state index contributed by atoms with van der Waals surface area (Å²) in [5.74, 6) is -1.08. The van der Waals surface area contributed by atoms with Crippen LogP contribution in [0.5, 0.6) is 5.75 Å². The van der Waals surface area contributed by atoms with Gasteiger partial charge in [-0.15, -0.1) is 12.6 Å². The number of benzene rings is 1. The summed E-state index contributed by atoms with van der Waals surface area (Å²) >= 11 is 3.99. The lowest BCUT2D eigenvalue weighted by Crippen LogP contribution is -2.02. The molecule has 0 radical (unpaired) electrons. The van der Waals surface area contributed by atoms with Crippen LogP contribution in [-0.4, -0.2) is 18.2 Å². The number of carbonyl (C=O) groups excluding carboxylic acids is 1. The fourth-order valence-electron chi connectivity index (χ4n) is 0.970. The van der Waals surface area contributed by atoms with Crippen molar-refractivity contribution in [3.8, 4) is 11.8 Å². The third-order valence-corrected chi connectivity index (χ3v) is 1.88. The second kappa shape index (κ2) is 4.03. The molecule has 72 valence electrons. The zero-order valence-corrected chi connectivity index (χ0v) is 8.21. The minimum atomic E-state index is -0.699. The summed E-state index contributed by atoms with van der Waals surface area (Å²) in [7, 11) is 1.19. The number of hydrogen-bond acceptors (Lipinski definition) is 5. The van der Waals surface area contributed by atoms with E-state index >= 15 is 0 Å². The molecule has 4 nitrogen and oxygen atoms in total. The Morgan fingerprint density at radius 3 is 2.79 bits per heavy atom. The van der Waals surface area contributed by atoms with Gasteiger partial charge in [-0.1, -0.05) is 0 Å². The van der Waals surface area contributed by atoms with Crippen molar-refractivity contribution < 1.29 is 14.6 Å². The number of carbonyl (C=O) groups is 1. The van der Waals surface area contributed by atoms with Crippen molar-refractivity contribution in [2.45, 2.75) is 4.90 Å². The van der Waals surface area contributed by atoms with Crippen LogP contribution in [0, 0.1) is 11.3 Å². The average Bonchev–Trinajstić information content (AvgIpc) is 2.19. The van der Waals surface area contributed by atoms with Gasteiger partial charge in [-0.2, -0.15) is 5.26 Å². The second-order valence-electron chi connectivity index (χ2n) is 2.49. The molecule has 0 aliphatic carbocycles. The van der Waals surface area contributed by atoms with Crippen molar-refractivity contribution in [2.24, 2.45) is 0 Å². The first-order chi connectivity index (χ1) is 6.60. The number of hydrogen-bond donors (Lipinski definition) is 2. The number of phenolic OH excluding ortho intramolecular Hbond substituents is 1. The van der Waals surface area contributed by atoms with Gasteiger partial charge in [-0.3, -0.25) is 0 Å². The lowest BCUT2D eigenvalue weighted by atomic mass is 10.1. The lowest BCUT2D eigenvalue weighted by Gasteiger charge is -2.04. The van der Waals surface area contributed by atoms with Gasteiger partial charge in [-0.05, 0) is 12.1 Å². The van der Waals surface area contributed by atoms with Crippen LogP contribution in [-0.2, 0) is 4.74 Å². The molecule has 14 heavy (non-hydrogen) atoms. The number of nitriles is 1. The van der Waals surface area contributed by atoms with Crippen molar-refractivity contribution in [3.63, 3.8) is 0 Å². The van der Waals surface area contributed by atoms with Gasteiger partial charge in [0.25, 0.3) is 0 Å². The molecular weight excluding hydrogens is 202 g/mol. The summed E-state index contributed by atoms with van der Waals surface area (Å²) in [6.45, 7) is 0. The van der Waals surface area contributed by atoms with Crippen molar-refractivity contribution in [2.75, 3.05) is 7.11 Å². The molecule has 1 aromatic carbocycles. The summed E-state index contributed by atoms with van der Waals surface area (Å²) < 4.78 is 4.43. The van der Waals surface area contributed by atoms with Gasteiger partial charge in [0, 0.05) is 4.90 Å². The molecular formula is C9H7NO3S. The fourth-order valence-corrected chi connectivity index (χ4v) is 1.23. The number of nitrogens with zero attached hydrogens (tertiary/aromatic N) is 1. The first-order valence-corrected chi connectivity index (χ1v) is 4.09. The monoisotopic (exact) mass is 209 g/mol. The Bertz CT molecular complexity index is 423. The van der Waals surface area contributed by atoms with E-state index < -0.39 is 5.97 Å². The van der Waals surface area contributed by atoms with Crippen LogP contribution >= 0.6 is 12.6 Å². The van der Waals surface area contributed by atoms with Crippen LogP contribution in [0.4, 0.5) is 0 Å². The van der Waals surface area contributed by atoms with E-state index in [1.165, 1.54) is 19.2 Å². The van der Waals surface area contributed by atoms with E-state index in [9.17, 15) is 9.90 Å². The molecule has 0 saturated carbocycles. The zero-order valence-electron chi connectivity index (χ0n) is 7.31. The molecule has 0 saturated heterocycles. The number of rotatable bonds is 1. The molecule has 5 heteroatoms. The molecule has 0 atom stereocenters. The highest BCUT2D eigenvalue weighted by atomic mass is 32.1. The van der Waals surface area contributed by atoms with E-state index in [-0.39, 0.29) is 16.9 Å². The highest BCUT2D eigenvalue weighted by Crippen LogP contribution is 2.26. The standard InChI is InChI=1S/C9H7NO3S/c1-13-9(12)7-3-6(14)2-5(4-10)8(7)11/h2-3,11,14H,1H3. The van der Waals surface area contributed by atoms with E-state index in [2.05, 4.69) is 17.4 Å². The molecule has 0 bridgehead atoms. The summed E-state index contributed by atoms with van der Waals surface area (Å²) in [6.07, 6.45) is 0. The molecule has 0 aromatic heterocycles. The predicted molar refractivity (Wildman–Crippen MR) is 51.4 cm³/mol. The molecule has 0 spiro atoms. The Morgan fingerprint density at radius 1 is 1.64 bits per heavy atom. The quantitative estimate of drug-likeness (QED) is 0.541. The number of aromatic hydroxyl groups is 1. The van der Waals surface area contributed by atoms with Crippen LogP contribution in [0.2, 0.25) is 0 Å². The summed E-state index contributed by atoms with van der Waals surface area (Å²) in [6, 6.07) is 4.45. The molecule has 1 rings (SSSR count). The van der Waals surface area contributed by atoms with Gasteiger partial charge in [0.15, 0.2) is 0 Å². The van der Waals surface area contributed by atoms with Gasteiger partial charge in [0.05, 0.1) is 12.7 Å². The van der Waals surface area contributed by atoms with Gasteiger partial charge < -0.3 is 9.84 Å². The number of methoxy groups -OCH3 is 1. The normalized spacial score (nSPS) is 9.21. The van der Waals surface area contributed by atoms with Gasteiger partial charge in [0.1, 0.15) is 17.4 Å². The van der Waals surface area contributed by atoms with Gasteiger partial charge >= 0.3 is 5.97 Å². The van der Waals surface area contributed by atoms with Crippen LogP contribution in [0.15, 0.2) is 17.0 Å². The lowest BCUT2D eigenvalue weighted by molar-refractivity contribution is 0.0597. The average molecular weight is 209 g/mol. The third kappa shape index (κ3) is 1.80. The largest absolute Gasteiger partial charge is 0.506 e. The third-order valence-electron chi connectivity index (χ3n) is 1.62. The fraction of sp³-hybridized carbons (Fsp3) is 0.111. The zero-order chi connectivity index (χ0) is 10.7. The van der Waals surface area contributed by atoms with E-state index in [0.29, 0.717) is 4.90 Å². The van der Waals surface area contributed by atoms with Crippen LogP contribution in [0.1, 0.15) is 15.9 Å². The van der Waals surface area contributed by atoms with E-state index in [1.54, 1.807) is 6.07 Å². The number of phenols is 1. The van der Waals surface area contributed by atoms with Crippen molar-refractivity contribution >= 4 is 18.6 Å². The highest BCUT2D eigenvalue weighted by molar-refractivity contribution is 7.80. The van der Waals surface area contributed by atoms with Crippen LogP contribution in [0.3, 0.4) is 0 Å². The molecule has 0 aliphatic rings. The molecule has 1 aromatic rings. The van der Waals surface area contributed by atoms with Crippen LogP contribution < -0.4 is 0 Å². The summed E-state index contributed by atoms with van der Waals surface area (Å²) in [5.41, 5.74) is -0.0607. The Morgan fingerprint density at radius 2 is 2.29 bits per heavy atom. The molecule has 0 heterocycles. The van der Waals surface area contributed by atoms with Gasteiger partial charge in [0.2, 0.25) is 0 Å². The topological polar surface area (TPSA) is 70.3 Å². The Labute approximate surface area is 86.1 Å². The molecule has 1 N–H and O–H groups in total. The summed E-state index contributed by atoms with van der Waals surface area (Å²) in [4.78, 5) is 11.5. The Balaban J connectivity index is 3.38. The predicted octanol–water partition coefficient (Wildman–Crippen LogP) is 1.34. The van der Waals surface area contributed by atoms with E-state index in [4.69, 9.17) is 5.26 Å². The maximum atomic E-state index is 11.1. The molecule has 0 unspecified atom stereocenters. The molecule has 0 fully saturated rings. The number of esters is 1. The van der Waals surface area contributed by atoms with Crippen LogP contribution in [0.25, 0.3) is 0 Å². The minimum absolute atomic E-state index is 0.00194. The van der Waals surface area contributed by atoms with E-state index in [1.807, 2.05) is 0 Å². The van der Waals surface area contributed by atoms with Crippen molar-refractivity contribution in [3.05, 3.63) is 23.3 Å². The minimum Gasteiger partial charge on any atom is -0.506 e. The van der Waals surface area contributed by atoms with E-state index in [0.717, 1.165) is 0 Å². The number of thiol groups is 1. The number of ether oxygens (including phenoxy) is 1. The Kier molecular flexibility index (Phi) is 2.99. The maximum Gasteiger partial charge on any atom is 0.341 e. The molecule has 0 amide bonds. The smallest absolute Gasteiger partial charge is 0.341 e. The highest BCUT2D eigenvalue weighted by Gasteiger charge is 2.15.